The highest BCUT2D eigenvalue weighted by Gasteiger charge is 2.30. The maximum atomic E-state index is 11.8. The van der Waals surface area contributed by atoms with Crippen LogP contribution in [0.1, 0.15) is 39.5 Å². The molecule has 1 aliphatic rings. The Bertz CT molecular complexity index is 328. The van der Waals surface area contributed by atoms with Crippen molar-refractivity contribution in [3.05, 3.63) is 0 Å². The Labute approximate surface area is 104 Å². The maximum Gasteiger partial charge on any atom is 0.211 e. The Morgan fingerprint density at radius 1 is 1.41 bits per heavy atom. The van der Waals surface area contributed by atoms with Crippen LogP contribution in [-0.4, -0.2) is 39.0 Å². The van der Waals surface area contributed by atoms with Crippen LogP contribution in [0.25, 0.3) is 0 Å². The third kappa shape index (κ3) is 5.81. The van der Waals surface area contributed by atoms with Crippen molar-refractivity contribution in [2.75, 3.05) is 18.9 Å². The molecule has 1 saturated heterocycles. The Kier molecular flexibility index (Phi) is 5.37. The molecule has 1 heterocycles. The number of ether oxygens (including phenoxy) is 1. The molecule has 0 aliphatic carbocycles. The standard InChI is InChI=1S/C11H24N2O3S/c1-11(2)9-10(5-7-16-11)13-17(14,15)8-4-3-6-12/h10,13H,3-9,12H2,1-2H3. The van der Waals surface area contributed by atoms with E-state index in [1.165, 1.54) is 0 Å². The first kappa shape index (κ1) is 14.9. The number of hydrogen-bond acceptors (Lipinski definition) is 4. The van der Waals surface area contributed by atoms with Crippen LogP contribution >= 0.6 is 0 Å². The van der Waals surface area contributed by atoms with Crippen molar-refractivity contribution in [3.8, 4) is 0 Å². The van der Waals surface area contributed by atoms with Gasteiger partial charge in [0.25, 0.3) is 0 Å². The molecule has 0 spiro atoms. The van der Waals surface area contributed by atoms with E-state index < -0.39 is 10.0 Å². The monoisotopic (exact) mass is 264 g/mol. The van der Waals surface area contributed by atoms with Gasteiger partial charge >= 0.3 is 0 Å². The van der Waals surface area contributed by atoms with Crippen molar-refractivity contribution < 1.29 is 13.2 Å². The van der Waals surface area contributed by atoms with Crippen LogP contribution in [0.2, 0.25) is 0 Å². The van der Waals surface area contributed by atoms with Gasteiger partial charge in [-0.15, -0.1) is 0 Å². The average molecular weight is 264 g/mol. The van der Waals surface area contributed by atoms with Gasteiger partial charge in [-0.2, -0.15) is 0 Å². The molecule has 0 bridgehead atoms. The molecule has 17 heavy (non-hydrogen) atoms. The summed E-state index contributed by atoms with van der Waals surface area (Å²) in [6, 6.07) is 0.00151. The van der Waals surface area contributed by atoms with Crippen molar-refractivity contribution in [2.45, 2.75) is 51.2 Å². The first-order valence-corrected chi connectivity index (χ1v) is 7.84. The fourth-order valence-electron chi connectivity index (χ4n) is 2.08. The van der Waals surface area contributed by atoms with Gasteiger partial charge in [-0.25, -0.2) is 13.1 Å². The molecule has 1 unspecified atom stereocenters. The molecule has 6 heteroatoms. The SMILES string of the molecule is CC1(C)CC(NS(=O)(=O)CCCCN)CCO1. The predicted octanol–water partition coefficient (Wildman–Crippen LogP) is 0.602. The molecule has 0 saturated carbocycles. The Morgan fingerprint density at radius 3 is 2.71 bits per heavy atom. The summed E-state index contributed by atoms with van der Waals surface area (Å²) in [5.74, 6) is 0.169. The predicted molar refractivity (Wildman–Crippen MR) is 68.3 cm³/mol. The third-order valence-electron chi connectivity index (χ3n) is 2.91. The summed E-state index contributed by atoms with van der Waals surface area (Å²) in [7, 11) is -3.16. The second-order valence-electron chi connectivity index (χ2n) is 5.23. The number of nitrogens with two attached hydrogens (primary N) is 1. The van der Waals surface area contributed by atoms with Gasteiger partial charge in [0.05, 0.1) is 11.4 Å². The topological polar surface area (TPSA) is 81.4 Å². The van der Waals surface area contributed by atoms with E-state index in [4.69, 9.17) is 10.5 Å². The minimum atomic E-state index is -3.16. The Balaban J connectivity index is 2.41. The molecule has 102 valence electrons. The summed E-state index contributed by atoms with van der Waals surface area (Å²) in [5, 5.41) is 0. The fraction of sp³-hybridized carbons (Fsp3) is 1.00. The summed E-state index contributed by atoms with van der Waals surface area (Å²) in [4.78, 5) is 0. The normalized spacial score (nSPS) is 24.8. The molecule has 0 aromatic rings. The van der Waals surface area contributed by atoms with Gasteiger partial charge in [-0.05, 0) is 46.1 Å². The van der Waals surface area contributed by atoms with Crippen LogP contribution in [0.3, 0.4) is 0 Å². The second-order valence-corrected chi connectivity index (χ2v) is 7.10. The van der Waals surface area contributed by atoms with Crippen LogP contribution in [-0.2, 0) is 14.8 Å². The molecule has 1 aliphatic heterocycles. The fourth-order valence-corrected chi connectivity index (χ4v) is 3.49. The van der Waals surface area contributed by atoms with Gasteiger partial charge in [0.2, 0.25) is 10.0 Å². The largest absolute Gasteiger partial charge is 0.375 e. The molecule has 0 aromatic carbocycles. The van der Waals surface area contributed by atoms with E-state index in [9.17, 15) is 8.42 Å². The lowest BCUT2D eigenvalue weighted by Crippen LogP contribution is -2.46. The zero-order valence-electron chi connectivity index (χ0n) is 10.7. The van der Waals surface area contributed by atoms with Crippen molar-refractivity contribution in [2.24, 2.45) is 5.73 Å². The van der Waals surface area contributed by atoms with Crippen LogP contribution in [0.5, 0.6) is 0 Å². The third-order valence-corrected chi connectivity index (χ3v) is 4.43. The minimum Gasteiger partial charge on any atom is -0.375 e. The first-order chi connectivity index (χ1) is 7.85. The molecule has 0 radical (unpaired) electrons. The Hall–Kier alpha value is -0.170. The Morgan fingerprint density at radius 2 is 2.12 bits per heavy atom. The van der Waals surface area contributed by atoms with Crippen molar-refractivity contribution >= 4 is 10.0 Å². The highest BCUT2D eigenvalue weighted by atomic mass is 32.2. The molecule has 1 rings (SSSR count). The zero-order valence-corrected chi connectivity index (χ0v) is 11.6. The van der Waals surface area contributed by atoms with Crippen LogP contribution in [0, 0.1) is 0 Å². The van der Waals surface area contributed by atoms with Gasteiger partial charge in [-0.1, -0.05) is 0 Å². The average Bonchev–Trinajstić information content (AvgIpc) is 2.15. The number of rotatable bonds is 6. The van der Waals surface area contributed by atoms with E-state index in [0.29, 0.717) is 19.6 Å². The molecular formula is C11H24N2O3S. The smallest absolute Gasteiger partial charge is 0.211 e. The molecule has 1 atom stereocenters. The lowest BCUT2D eigenvalue weighted by atomic mass is 9.95. The second kappa shape index (κ2) is 6.13. The van der Waals surface area contributed by atoms with E-state index in [1.54, 1.807) is 0 Å². The maximum absolute atomic E-state index is 11.8. The summed E-state index contributed by atoms with van der Waals surface area (Å²) in [6.07, 6.45) is 2.85. The van der Waals surface area contributed by atoms with Crippen molar-refractivity contribution in [1.82, 2.24) is 4.72 Å². The van der Waals surface area contributed by atoms with Gasteiger partial charge in [0.15, 0.2) is 0 Å². The van der Waals surface area contributed by atoms with Gasteiger partial charge in [0.1, 0.15) is 0 Å². The van der Waals surface area contributed by atoms with E-state index in [-0.39, 0.29) is 17.4 Å². The molecular weight excluding hydrogens is 240 g/mol. The molecule has 1 fully saturated rings. The molecule has 5 nitrogen and oxygen atoms in total. The summed E-state index contributed by atoms with van der Waals surface area (Å²) in [5.41, 5.74) is 5.11. The van der Waals surface area contributed by atoms with Gasteiger partial charge < -0.3 is 10.5 Å². The summed E-state index contributed by atoms with van der Waals surface area (Å²) >= 11 is 0. The summed E-state index contributed by atoms with van der Waals surface area (Å²) in [6.45, 7) is 5.13. The number of nitrogens with one attached hydrogen (secondary N) is 1. The zero-order chi connectivity index (χ0) is 12.9. The van der Waals surface area contributed by atoms with Crippen LogP contribution < -0.4 is 10.5 Å². The molecule has 0 aromatic heterocycles. The van der Waals surface area contributed by atoms with E-state index >= 15 is 0 Å². The lowest BCUT2D eigenvalue weighted by Gasteiger charge is -2.35. The quantitative estimate of drug-likeness (QED) is 0.688. The minimum absolute atomic E-state index is 0.00151. The van der Waals surface area contributed by atoms with Crippen molar-refractivity contribution in [3.63, 3.8) is 0 Å². The van der Waals surface area contributed by atoms with Gasteiger partial charge in [0, 0.05) is 12.6 Å². The molecule has 0 amide bonds. The number of unbranched alkanes of at least 4 members (excludes halogenated alkanes) is 1. The number of sulfonamides is 1. The summed E-state index contributed by atoms with van der Waals surface area (Å²) < 4.78 is 31.9. The van der Waals surface area contributed by atoms with Crippen LogP contribution in [0.4, 0.5) is 0 Å². The van der Waals surface area contributed by atoms with E-state index in [0.717, 1.165) is 19.3 Å². The van der Waals surface area contributed by atoms with E-state index in [2.05, 4.69) is 4.72 Å². The molecule has 3 N–H and O–H groups in total. The number of hydrogen-bond donors (Lipinski definition) is 2. The first-order valence-electron chi connectivity index (χ1n) is 6.19. The van der Waals surface area contributed by atoms with Gasteiger partial charge in [-0.3, -0.25) is 0 Å². The van der Waals surface area contributed by atoms with Crippen molar-refractivity contribution in [1.29, 1.82) is 0 Å². The van der Waals surface area contributed by atoms with E-state index in [1.807, 2.05) is 13.8 Å². The lowest BCUT2D eigenvalue weighted by molar-refractivity contribution is -0.0599. The van der Waals surface area contributed by atoms with Crippen LogP contribution in [0.15, 0.2) is 0 Å². The highest BCUT2D eigenvalue weighted by Crippen LogP contribution is 2.24. The highest BCUT2D eigenvalue weighted by molar-refractivity contribution is 7.89.